The van der Waals surface area contributed by atoms with E-state index in [1.165, 1.54) is 16.4 Å². The van der Waals surface area contributed by atoms with Crippen molar-refractivity contribution in [3.63, 3.8) is 0 Å². The van der Waals surface area contributed by atoms with Crippen LogP contribution in [0.4, 0.5) is 11.4 Å². The van der Waals surface area contributed by atoms with Crippen molar-refractivity contribution in [2.24, 2.45) is 11.8 Å². The summed E-state index contributed by atoms with van der Waals surface area (Å²) in [5.41, 5.74) is 1.46. The molecule has 0 saturated carbocycles. The lowest BCUT2D eigenvalue weighted by molar-refractivity contribution is -0.120. The zero-order chi connectivity index (χ0) is 24.0. The predicted molar refractivity (Wildman–Crippen MR) is 131 cm³/mol. The number of anilines is 2. The molecule has 1 aliphatic heterocycles. The molecule has 7 nitrogen and oxygen atoms in total. The molecular weight excluding hydrogens is 438 g/mol. The zero-order valence-corrected chi connectivity index (χ0v) is 20.3. The summed E-state index contributed by atoms with van der Waals surface area (Å²) in [7, 11) is -3.54. The number of benzene rings is 2. The van der Waals surface area contributed by atoms with Gasteiger partial charge in [0.15, 0.2) is 0 Å². The number of hydrogen-bond donors (Lipinski definition) is 2. The fourth-order valence-corrected chi connectivity index (χ4v) is 5.67. The highest BCUT2D eigenvalue weighted by Crippen LogP contribution is 2.24. The van der Waals surface area contributed by atoms with Crippen LogP contribution in [-0.4, -0.2) is 37.6 Å². The van der Waals surface area contributed by atoms with E-state index in [1.54, 1.807) is 36.4 Å². The van der Waals surface area contributed by atoms with Gasteiger partial charge in [0.1, 0.15) is 0 Å². The minimum atomic E-state index is -3.54. The van der Waals surface area contributed by atoms with Gasteiger partial charge in [-0.1, -0.05) is 26.8 Å². The molecule has 2 N–H and O–H groups in total. The van der Waals surface area contributed by atoms with Gasteiger partial charge >= 0.3 is 0 Å². The van der Waals surface area contributed by atoms with Crippen molar-refractivity contribution in [3.8, 4) is 0 Å². The highest BCUT2D eigenvalue weighted by molar-refractivity contribution is 7.89. The minimum Gasteiger partial charge on any atom is -0.326 e. The molecule has 33 heavy (non-hydrogen) atoms. The molecule has 2 aromatic carbocycles. The molecule has 0 radical (unpaired) electrons. The highest BCUT2D eigenvalue weighted by atomic mass is 32.2. The molecule has 2 aromatic rings. The molecule has 3 rings (SSSR count). The zero-order valence-electron chi connectivity index (χ0n) is 19.5. The standard InChI is InChI=1S/C25H33N3O4S/c1-4-19(5-2)24(29)27-22-10-6-9-20(16-22)25(30)26-21-11-13-23(14-12-21)33(31,32)28-15-7-8-18(3)17-28/h6,9-14,16,18-19H,4-5,7-8,15,17H2,1-3H3,(H,26,30)(H,27,29). The molecule has 0 aromatic heterocycles. The van der Waals surface area contributed by atoms with E-state index in [1.807, 2.05) is 13.8 Å². The summed E-state index contributed by atoms with van der Waals surface area (Å²) in [5.74, 6) is -0.112. The Hall–Kier alpha value is -2.71. The maximum absolute atomic E-state index is 12.9. The second-order valence-electron chi connectivity index (χ2n) is 8.67. The summed E-state index contributed by atoms with van der Waals surface area (Å²) < 4.78 is 27.4. The third-order valence-corrected chi connectivity index (χ3v) is 8.00. The molecule has 178 valence electrons. The maximum Gasteiger partial charge on any atom is 0.255 e. The molecule has 8 heteroatoms. The quantitative estimate of drug-likeness (QED) is 0.582. The maximum atomic E-state index is 12.9. The van der Waals surface area contributed by atoms with Gasteiger partial charge in [-0.2, -0.15) is 4.31 Å². The van der Waals surface area contributed by atoms with Crippen LogP contribution in [0.15, 0.2) is 53.4 Å². The first-order valence-corrected chi connectivity index (χ1v) is 13.0. The number of piperidine rings is 1. The van der Waals surface area contributed by atoms with E-state index in [9.17, 15) is 18.0 Å². The van der Waals surface area contributed by atoms with Gasteiger partial charge in [0, 0.05) is 35.9 Å². The third-order valence-electron chi connectivity index (χ3n) is 6.12. The van der Waals surface area contributed by atoms with E-state index in [2.05, 4.69) is 17.6 Å². The van der Waals surface area contributed by atoms with Crippen LogP contribution >= 0.6 is 0 Å². The molecule has 1 heterocycles. The molecule has 1 fully saturated rings. The Labute approximate surface area is 196 Å². The Morgan fingerprint density at radius 1 is 1.03 bits per heavy atom. The average Bonchev–Trinajstić information content (AvgIpc) is 2.80. The van der Waals surface area contributed by atoms with Crippen molar-refractivity contribution < 1.29 is 18.0 Å². The summed E-state index contributed by atoms with van der Waals surface area (Å²) in [6, 6.07) is 13.0. The van der Waals surface area contributed by atoms with Crippen LogP contribution in [0.2, 0.25) is 0 Å². The van der Waals surface area contributed by atoms with Gasteiger partial charge in [0.25, 0.3) is 5.91 Å². The second-order valence-corrected chi connectivity index (χ2v) is 10.6. The van der Waals surface area contributed by atoms with Crippen LogP contribution in [-0.2, 0) is 14.8 Å². The Kier molecular flexibility index (Phi) is 8.26. The largest absolute Gasteiger partial charge is 0.326 e. The van der Waals surface area contributed by atoms with Crippen molar-refractivity contribution >= 4 is 33.2 Å². The lowest BCUT2D eigenvalue weighted by Gasteiger charge is -2.30. The van der Waals surface area contributed by atoms with Crippen molar-refractivity contribution in [1.82, 2.24) is 4.31 Å². The fourth-order valence-electron chi connectivity index (χ4n) is 4.07. The normalized spacial score (nSPS) is 17.0. The molecular formula is C25H33N3O4S. The number of sulfonamides is 1. The van der Waals surface area contributed by atoms with Crippen LogP contribution in [0.5, 0.6) is 0 Å². The average molecular weight is 472 g/mol. The molecule has 2 amide bonds. The van der Waals surface area contributed by atoms with Crippen LogP contribution in [0.3, 0.4) is 0 Å². The Morgan fingerprint density at radius 2 is 1.73 bits per heavy atom. The van der Waals surface area contributed by atoms with E-state index < -0.39 is 10.0 Å². The van der Waals surface area contributed by atoms with Crippen molar-refractivity contribution in [1.29, 1.82) is 0 Å². The van der Waals surface area contributed by atoms with Gasteiger partial charge < -0.3 is 10.6 Å². The predicted octanol–water partition coefficient (Wildman–Crippen LogP) is 4.73. The number of amides is 2. The minimum absolute atomic E-state index is 0.0579. The van der Waals surface area contributed by atoms with Crippen molar-refractivity contribution in [2.75, 3.05) is 23.7 Å². The molecule has 1 saturated heterocycles. The van der Waals surface area contributed by atoms with Crippen LogP contribution in [0, 0.1) is 11.8 Å². The highest BCUT2D eigenvalue weighted by Gasteiger charge is 2.28. The van der Waals surface area contributed by atoms with Gasteiger partial charge in [-0.05, 0) is 74.1 Å². The first-order valence-electron chi connectivity index (χ1n) is 11.6. The third kappa shape index (κ3) is 6.21. The van der Waals surface area contributed by atoms with Crippen LogP contribution in [0.1, 0.15) is 56.8 Å². The number of hydrogen-bond acceptors (Lipinski definition) is 4. The van der Waals surface area contributed by atoms with E-state index in [0.717, 1.165) is 25.7 Å². The smallest absolute Gasteiger partial charge is 0.255 e. The second kappa shape index (κ2) is 10.9. The monoisotopic (exact) mass is 471 g/mol. The van der Waals surface area contributed by atoms with Crippen LogP contribution in [0.25, 0.3) is 0 Å². The number of rotatable bonds is 8. The summed E-state index contributed by atoms with van der Waals surface area (Å²) in [6.45, 7) is 7.08. The van der Waals surface area contributed by atoms with Gasteiger partial charge in [-0.15, -0.1) is 0 Å². The van der Waals surface area contributed by atoms with E-state index in [0.29, 0.717) is 35.9 Å². The van der Waals surface area contributed by atoms with Crippen molar-refractivity contribution in [3.05, 3.63) is 54.1 Å². The number of carbonyl (C=O) groups excluding carboxylic acids is 2. The summed E-state index contributed by atoms with van der Waals surface area (Å²) in [4.78, 5) is 25.3. The molecule has 1 atom stereocenters. The van der Waals surface area contributed by atoms with E-state index >= 15 is 0 Å². The lowest BCUT2D eigenvalue weighted by atomic mass is 10.0. The Balaban J connectivity index is 1.67. The van der Waals surface area contributed by atoms with Gasteiger partial charge in [0.05, 0.1) is 4.90 Å². The van der Waals surface area contributed by atoms with E-state index in [-0.39, 0.29) is 22.6 Å². The Bertz CT molecular complexity index is 1080. The van der Waals surface area contributed by atoms with Crippen molar-refractivity contribution in [2.45, 2.75) is 51.3 Å². The SMILES string of the molecule is CCC(CC)C(=O)Nc1cccc(C(=O)Nc2ccc(S(=O)(=O)N3CCCC(C)C3)cc2)c1. The molecule has 0 bridgehead atoms. The molecule has 0 spiro atoms. The summed E-state index contributed by atoms with van der Waals surface area (Å²) >= 11 is 0. The molecule has 0 aliphatic carbocycles. The van der Waals surface area contributed by atoms with Gasteiger partial charge in [0.2, 0.25) is 15.9 Å². The Morgan fingerprint density at radius 3 is 2.36 bits per heavy atom. The van der Waals surface area contributed by atoms with Crippen LogP contribution < -0.4 is 10.6 Å². The summed E-state index contributed by atoms with van der Waals surface area (Å²) in [5, 5.41) is 5.66. The number of nitrogens with one attached hydrogen (secondary N) is 2. The first-order chi connectivity index (χ1) is 15.7. The van der Waals surface area contributed by atoms with Gasteiger partial charge in [-0.3, -0.25) is 9.59 Å². The lowest BCUT2D eigenvalue weighted by Crippen LogP contribution is -2.39. The van der Waals surface area contributed by atoms with E-state index in [4.69, 9.17) is 0 Å². The summed E-state index contributed by atoms with van der Waals surface area (Å²) in [6.07, 6.45) is 3.42. The number of carbonyl (C=O) groups is 2. The molecule has 1 aliphatic rings. The topological polar surface area (TPSA) is 95.6 Å². The first kappa shape index (κ1) is 24.9. The number of nitrogens with zero attached hydrogens (tertiary/aromatic N) is 1. The van der Waals surface area contributed by atoms with Gasteiger partial charge in [-0.25, -0.2) is 8.42 Å². The fraction of sp³-hybridized carbons (Fsp3) is 0.440. The molecule has 1 unspecified atom stereocenters.